The molecule has 2 aromatic heterocycles. The van der Waals surface area contributed by atoms with Gasteiger partial charge in [0.05, 0.1) is 5.69 Å². The zero-order valence-corrected chi connectivity index (χ0v) is 9.90. The Morgan fingerprint density at radius 3 is 2.80 bits per heavy atom. The lowest BCUT2D eigenvalue weighted by Crippen LogP contribution is -1.96. The molecule has 0 aromatic carbocycles. The molecule has 0 saturated carbocycles. The molecular formula is C11H10BrN3. The molecule has 0 aliphatic heterocycles. The molecule has 0 spiro atoms. The van der Waals surface area contributed by atoms with Gasteiger partial charge in [0.15, 0.2) is 5.82 Å². The molecule has 0 amide bonds. The van der Waals surface area contributed by atoms with E-state index in [1.54, 1.807) is 12.4 Å². The van der Waals surface area contributed by atoms with Crippen LogP contribution in [-0.2, 0) is 5.33 Å². The van der Waals surface area contributed by atoms with Crippen molar-refractivity contribution >= 4 is 15.9 Å². The first-order chi connectivity index (χ1) is 7.31. The Balaban J connectivity index is 2.49. The second kappa shape index (κ2) is 4.49. The number of alkyl halides is 1. The van der Waals surface area contributed by atoms with Crippen LogP contribution in [0.15, 0.2) is 30.6 Å². The minimum absolute atomic E-state index is 0.685. The highest BCUT2D eigenvalue weighted by molar-refractivity contribution is 9.08. The van der Waals surface area contributed by atoms with E-state index in [0.717, 1.165) is 22.3 Å². The lowest BCUT2D eigenvalue weighted by molar-refractivity contribution is 1.07. The predicted octanol–water partition coefficient (Wildman–Crippen LogP) is 2.74. The van der Waals surface area contributed by atoms with Gasteiger partial charge in [-0.25, -0.2) is 9.97 Å². The summed E-state index contributed by atoms with van der Waals surface area (Å²) in [6, 6.07) is 5.80. The minimum atomic E-state index is 0.685. The van der Waals surface area contributed by atoms with Gasteiger partial charge in [-0.05, 0) is 24.6 Å². The molecule has 0 bridgehead atoms. The molecular weight excluding hydrogens is 254 g/mol. The topological polar surface area (TPSA) is 38.7 Å². The van der Waals surface area contributed by atoms with Crippen LogP contribution >= 0.6 is 15.9 Å². The summed E-state index contributed by atoms with van der Waals surface area (Å²) in [6.45, 7) is 2.01. The maximum atomic E-state index is 4.40. The molecule has 0 unspecified atom stereocenters. The van der Waals surface area contributed by atoms with Crippen molar-refractivity contribution in [3.05, 3.63) is 41.9 Å². The molecule has 0 fully saturated rings. The lowest BCUT2D eigenvalue weighted by atomic mass is 10.2. The maximum absolute atomic E-state index is 4.40. The molecule has 4 heteroatoms. The van der Waals surface area contributed by atoms with Gasteiger partial charge in [0.25, 0.3) is 0 Å². The molecule has 0 aliphatic rings. The van der Waals surface area contributed by atoms with E-state index in [1.165, 1.54) is 0 Å². The van der Waals surface area contributed by atoms with E-state index in [0.29, 0.717) is 5.82 Å². The van der Waals surface area contributed by atoms with Crippen molar-refractivity contribution in [1.82, 2.24) is 15.0 Å². The van der Waals surface area contributed by atoms with Crippen LogP contribution in [0.3, 0.4) is 0 Å². The van der Waals surface area contributed by atoms with Gasteiger partial charge in [0.2, 0.25) is 0 Å². The van der Waals surface area contributed by atoms with Gasteiger partial charge < -0.3 is 0 Å². The van der Waals surface area contributed by atoms with Crippen molar-refractivity contribution in [2.24, 2.45) is 0 Å². The van der Waals surface area contributed by atoms with Crippen molar-refractivity contribution in [2.45, 2.75) is 12.3 Å². The number of rotatable bonds is 2. The van der Waals surface area contributed by atoms with Crippen molar-refractivity contribution < 1.29 is 0 Å². The largest absolute Gasteiger partial charge is 0.253 e. The highest BCUT2D eigenvalue weighted by atomic mass is 79.9. The number of pyridine rings is 1. The summed E-state index contributed by atoms with van der Waals surface area (Å²) < 4.78 is 0. The molecule has 0 atom stereocenters. The molecule has 2 rings (SSSR count). The Bertz CT molecular complexity index is 471. The summed E-state index contributed by atoms with van der Waals surface area (Å²) in [5, 5.41) is 0.731. The van der Waals surface area contributed by atoms with Crippen molar-refractivity contribution in [1.29, 1.82) is 0 Å². The number of aryl methyl sites for hydroxylation is 1. The average Bonchev–Trinajstić information content (AvgIpc) is 2.30. The molecule has 0 radical (unpaired) electrons. The Hall–Kier alpha value is -1.29. The monoisotopic (exact) mass is 263 g/mol. The van der Waals surface area contributed by atoms with Gasteiger partial charge in [-0.3, -0.25) is 4.98 Å². The van der Waals surface area contributed by atoms with Crippen molar-refractivity contribution in [2.75, 3.05) is 0 Å². The summed E-state index contributed by atoms with van der Waals surface area (Å²) in [4.78, 5) is 12.9. The fraction of sp³-hybridized carbons (Fsp3) is 0.182. The first-order valence-corrected chi connectivity index (χ1v) is 5.73. The average molecular weight is 264 g/mol. The van der Waals surface area contributed by atoms with Gasteiger partial charge in [-0.2, -0.15) is 0 Å². The van der Waals surface area contributed by atoms with Crippen LogP contribution in [0, 0.1) is 6.92 Å². The number of halogens is 1. The lowest BCUT2D eigenvalue weighted by Gasteiger charge is -2.03. The maximum Gasteiger partial charge on any atom is 0.178 e. The Kier molecular flexibility index (Phi) is 3.06. The summed E-state index contributed by atoms with van der Waals surface area (Å²) in [6.07, 6.45) is 3.51. The zero-order chi connectivity index (χ0) is 10.7. The third-order valence-electron chi connectivity index (χ3n) is 2.07. The van der Waals surface area contributed by atoms with E-state index in [2.05, 4.69) is 30.9 Å². The third kappa shape index (κ3) is 2.21. The first-order valence-electron chi connectivity index (χ1n) is 4.61. The molecule has 15 heavy (non-hydrogen) atoms. The minimum Gasteiger partial charge on any atom is -0.253 e. The smallest absolute Gasteiger partial charge is 0.178 e. The van der Waals surface area contributed by atoms with Crippen LogP contribution in [-0.4, -0.2) is 15.0 Å². The van der Waals surface area contributed by atoms with E-state index in [4.69, 9.17) is 0 Å². The van der Waals surface area contributed by atoms with Crippen LogP contribution in [0.1, 0.15) is 11.3 Å². The predicted molar refractivity (Wildman–Crippen MR) is 62.6 cm³/mol. The molecule has 0 N–H and O–H groups in total. The fourth-order valence-corrected chi connectivity index (χ4v) is 1.62. The van der Waals surface area contributed by atoms with Crippen molar-refractivity contribution in [3.63, 3.8) is 0 Å². The number of hydrogen-bond acceptors (Lipinski definition) is 3. The second-order valence-electron chi connectivity index (χ2n) is 3.17. The quantitative estimate of drug-likeness (QED) is 0.783. The van der Waals surface area contributed by atoms with Crippen LogP contribution in [0.2, 0.25) is 0 Å². The van der Waals surface area contributed by atoms with Crippen LogP contribution < -0.4 is 0 Å². The highest BCUT2D eigenvalue weighted by Gasteiger charge is 2.05. The van der Waals surface area contributed by atoms with Gasteiger partial charge in [0.1, 0.15) is 5.69 Å². The van der Waals surface area contributed by atoms with Gasteiger partial charge in [-0.15, -0.1) is 0 Å². The second-order valence-corrected chi connectivity index (χ2v) is 3.73. The zero-order valence-electron chi connectivity index (χ0n) is 8.31. The normalized spacial score (nSPS) is 10.3. The van der Waals surface area contributed by atoms with Crippen LogP contribution in [0.5, 0.6) is 0 Å². The Labute approximate surface area is 96.7 Å². The number of hydrogen-bond donors (Lipinski definition) is 0. The highest BCUT2D eigenvalue weighted by Crippen LogP contribution is 2.16. The number of aromatic nitrogens is 3. The fourth-order valence-electron chi connectivity index (χ4n) is 1.30. The molecule has 0 saturated heterocycles. The Morgan fingerprint density at radius 1 is 1.20 bits per heavy atom. The molecule has 0 aliphatic carbocycles. The summed E-state index contributed by atoms with van der Waals surface area (Å²) in [5.41, 5.74) is 2.90. The molecule has 2 heterocycles. The van der Waals surface area contributed by atoms with E-state index in [-0.39, 0.29) is 0 Å². The van der Waals surface area contributed by atoms with Crippen LogP contribution in [0.4, 0.5) is 0 Å². The molecule has 76 valence electrons. The third-order valence-corrected chi connectivity index (χ3v) is 2.65. The van der Waals surface area contributed by atoms with Crippen molar-refractivity contribution in [3.8, 4) is 11.5 Å². The van der Waals surface area contributed by atoms with E-state index in [9.17, 15) is 0 Å². The summed E-state index contributed by atoms with van der Waals surface area (Å²) >= 11 is 3.37. The summed E-state index contributed by atoms with van der Waals surface area (Å²) in [5.74, 6) is 0.685. The summed E-state index contributed by atoms with van der Waals surface area (Å²) in [7, 11) is 0. The van der Waals surface area contributed by atoms with Gasteiger partial charge >= 0.3 is 0 Å². The van der Waals surface area contributed by atoms with Crippen LogP contribution in [0.25, 0.3) is 11.5 Å². The number of nitrogens with zero attached hydrogens (tertiary/aromatic N) is 3. The van der Waals surface area contributed by atoms with E-state index in [1.807, 2.05) is 25.1 Å². The van der Waals surface area contributed by atoms with Gasteiger partial charge in [0, 0.05) is 17.7 Å². The Morgan fingerprint density at radius 2 is 2.07 bits per heavy atom. The van der Waals surface area contributed by atoms with E-state index < -0.39 is 0 Å². The van der Waals surface area contributed by atoms with E-state index >= 15 is 0 Å². The first kappa shape index (κ1) is 10.2. The molecule has 2 aromatic rings. The standard InChI is InChI=1S/C11H10BrN3/c1-8-3-2-5-13-10(8)11-14-6-4-9(7-12)15-11/h2-6H,7H2,1H3. The molecule has 3 nitrogen and oxygen atoms in total. The van der Waals surface area contributed by atoms with Gasteiger partial charge in [-0.1, -0.05) is 22.0 Å². The SMILES string of the molecule is Cc1cccnc1-c1nccc(CBr)n1.